The van der Waals surface area contributed by atoms with E-state index in [1.807, 2.05) is 18.2 Å². The first-order valence-corrected chi connectivity index (χ1v) is 4.83. The van der Waals surface area contributed by atoms with Crippen LogP contribution in [0.15, 0.2) is 24.3 Å². The van der Waals surface area contributed by atoms with Gasteiger partial charge in [0.1, 0.15) is 11.9 Å². The van der Waals surface area contributed by atoms with Crippen LogP contribution in [0.25, 0.3) is 0 Å². The SMILES string of the molecule is N=C(N)NNCC1Cc2ccccc2O1. The van der Waals surface area contributed by atoms with Gasteiger partial charge in [0.15, 0.2) is 5.96 Å². The van der Waals surface area contributed by atoms with Crippen molar-refractivity contribution < 1.29 is 4.74 Å². The summed E-state index contributed by atoms with van der Waals surface area (Å²) in [6.45, 7) is 0.619. The molecule has 5 heteroatoms. The summed E-state index contributed by atoms with van der Waals surface area (Å²) in [6, 6.07) is 8.00. The van der Waals surface area contributed by atoms with Crippen molar-refractivity contribution in [3.63, 3.8) is 0 Å². The predicted octanol–water partition coefficient (Wildman–Crippen LogP) is -0.0222. The van der Waals surface area contributed by atoms with Crippen LogP contribution < -0.4 is 21.3 Å². The Kier molecular flexibility index (Phi) is 2.73. The Morgan fingerprint density at radius 2 is 2.33 bits per heavy atom. The van der Waals surface area contributed by atoms with Crippen LogP contribution in [0.2, 0.25) is 0 Å². The van der Waals surface area contributed by atoms with Crippen molar-refractivity contribution in [2.24, 2.45) is 5.73 Å². The number of nitrogens with two attached hydrogens (primary N) is 1. The van der Waals surface area contributed by atoms with Gasteiger partial charge in [0, 0.05) is 6.42 Å². The quantitative estimate of drug-likeness (QED) is 0.318. The van der Waals surface area contributed by atoms with Gasteiger partial charge >= 0.3 is 0 Å². The van der Waals surface area contributed by atoms with Gasteiger partial charge in [0.2, 0.25) is 0 Å². The van der Waals surface area contributed by atoms with E-state index >= 15 is 0 Å². The molecule has 0 saturated carbocycles. The number of nitrogens with one attached hydrogen (secondary N) is 3. The van der Waals surface area contributed by atoms with Gasteiger partial charge in [-0.2, -0.15) is 0 Å². The average molecular weight is 206 g/mol. The Morgan fingerprint density at radius 3 is 3.07 bits per heavy atom. The first-order chi connectivity index (χ1) is 7.25. The molecule has 1 atom stereocenters. The number of ether oxygens (including phenoxy) is 1. The molecule has 1 aliphatic heterocycles. The summed E-state index contributed by atoms with van der Waals surface area (Å²) in [5, 5.41) is 6.96. The molecule has 1 aliphatic rings. The van der Waals surface area contributed by atoms with Gasteiger partial charge in [0.05, 0.1) is 6.54 Å². The summed E-state index contributed by atoms with van der Waals surface area (Å²) >= 11 is 0. The van der Waals surface area contributed by atoms with E-state index in [0.29, 0.717) is 6.54 Å². The third-order valence-electron chi connectivity index (χ3n) is 2.27. The number of hydrogen-bond donors (Lipinski definition) is 4. The van der Waals surface area contributed by atoms with Crippen molar-refractivity contribution in [1.29, 1.82) is 5.41 Å². The second-order valence-corrected chi connectivity index (χ2v) is 3.47. The number of benzene rings is 1. The zero-order valence-corrected chi connectivity index (χ0v) is 8.29. The first-order valence-electron chi connectivity index (χ1n) is 4.83. The summed E-state index contributed by atoms with van der Waals surface area (Å²) < 4.78 is 5.67. The standard InChI is InChI=1S/C10H14N4O/c11-10(12)14-13-6-8-5-7-3-1-2-4-9(7)15-8/h1-4,8,13H,5-6H2,(H4,11,12,14). The lowest BCUT2D eigenvalue weighted by atomic mass is 10.1. The van der Waals surface area contributed by atoms with Crippen molar-refractivity contribution in [2.75, 3.05) is 6.54 Å². The molecule has 0 spiro atoms. The zero-order chi connectivity index (χ0) is 10.7. The Balaban J connectivity index is 1.83. The van der Waals surface area contributed by atoms with Gasteiger partial charge in [-0.15, -0.1) is 0 Å². The van der Waals surface area contributed by atoms with Crippen molar-refractivity contribution >= 4 is 5.96 Å². The van der Waals surface area contributed by atoms with Gasteiger partial charge in [-0.25, -0.2) is 5.43 Å². The van der Waals surface area contributed by atoms with Crippen molar-refractivity contribution in [3.05, 3.63) is 29.8 Å². The number of hydrogen-bond acceptors (Lipinski definition) is 3. The molecular weight excluding hydrogens is 192 g/mol. The van der Waals surface area contributed by atoms with E-state index < -0.39 is 0 Å². The molecule has 1 aromatic rings. The highest BCUT2D eigenvalue weighted by molar-refractivity contribution is 5.73. The van der Waals surface area contributed by atoms with Gasteiger partial charge in [0.25, 0.3) is 0 Å². The molecule has 1 heterocycles. The molecule has 1 aromatic carbocycles. The Labute approximate surface area is 88.1 Å². The van der Waals surface area contributed by atoms with Crippen LogP contribution in [-0.2, 0) is 6.42 Å². The van der Waals surface area contributed by atoms with Crippen LogP contribution in [0.3, 0.4) is 0 Å². The summed E-state index contributed by atoms with van der Waals surface area (Å²) in [5.74, 6) is 0.859. The van der Waals surface area contributed by atoms with Crippen LogP contribution in [0.5, 0.6) is 5.75 Å². The van der Waals surface area contributed by atoms with E-state index in [1.165, 1.54) is 5.56 Å². The molecule has 5 N–H and O–H groups in total. The molecule has 0 radical (unpaired) electrons. The second-order valence-electron chi connectivity index (χ2n) is 3.47. The van der Waals surface area contributed by atoms with Crippen molar-refractivity contribution in [1.82, 2.24) is 10.9 Å². The molecule has 5 nitrogen and oxygen atoms in total. The highest BCUT2D eigenvalue weighted by Crippen LogP contribution is 2.27. The maximum absolute atomic E-state index is 6.96. The van der Waals surface area contributed by atoms with E-state index in [-0.39, 0.29) is 12.1 Å². The largest absolute Gasteiger partial charge is 0.488 e. The molecule has 1 unspecified atom stereocenters. The van der Waals surface area contributed by atoms with Gasteiger partial charge < -0.3 is 10.5 Å². The molecule has 0 amide bonds. The van der Waals surface area contributed by atoms with Gasteiger partial charge in [-0.3, -0.25) is 10.8 Å². The van der Waals surface area contributed by atoms with E-state index in [9.17, 15) is 0 Å². The van der Waals surface area contributed by atoms with E-state index in [4.69, 9.17) is 15.9 Å². The lowest BCUT2D eigenvalue weighted by Gasteiger charge is -2.12. The molecule has 0 aliphatic carbocycles. The molecule has 0 fully saturated rings. The molecule has 0 aromatic heterocycles. The number of rotatable bonds is 3. The molecule has 80 valence electrons. The lowest BCUT2D eigenvalue weighted by molar-refractivity contribution is 0.225. The number of fused-ring (bicyclic) bond motifs is 1. The minimum Gasteiger partial charge on any atom is -0.488 e. The number of hydrazine groups is 1. The lowest BCUT2D eigenvalue weighted by Crippen LogP contribution is -2.45. The number of guanidine groups is 1. The third kappa shape index (κ3) is 2.38. The first kappa shape index (κ1) is 9.79. The fourth-order valence-electron chi connectivity index (χ4n) is 1.63. The zero-order valence-electron chi connectivity index (χ0n) is 8.29. The fourth-order valence-corrected chi connectivity index (χ4v) is 1.63. The summed E-state index contributed by atoms with van der Waals surface area (Å²) in [5.41, 5.74) is 11.7. The third-order valence-corrected chi connectivity index (χ3v) is 2.27. The molecule has 15 heavy (non-hydrogen) atoms. The normalized spacial score (nSPS) is 18.0. The van der Waals surface area contributed by atoms with Crippen LogP contribution in [0, 0.1) is 5.41 Å². The Morgan fingerprint density at radius 1 is 1.53 bits per heavy atom. The Bertz CT molecular complexity index is 341. The minimum atomic E-state index is -0.0921. The predicted molar refractivity (Wildman–Crippen MR) is 57.6 cm³/mol. The number of para-hydroxylation sites is 1. The van der Waals surface area contributed by atoms with Crippen molar-refractivity contribution in [2.45, 2.75) is 12.5 Å². The summed E-state index contributed by atoms with van der Waals surface area (Å²) in [7, 11) is 0. The maximum atomic E-state index is 6.96. The van der Waals surface area contributed by atoms with Crippen LogP contribution >= 0.6 is 0 Å². The maximum Gasteiger partial charge on any atom is 0.200 e. The molecular formula is C10H14N4O. The van der Waals surface area contributed by atoms with Crippen LogP contribution in [-0.4, -0.2) is 18.6 Å². The van der Waals surface area contributed by atoms with Crippen LogP contribution in [0.1, 0.15) is 5.56 Å². The van der Waals surface area contributed by atoms with Crippen LogP contribution in [0.4, 0.5) is 0 Å². The smallest absolute Gasteiger partial charge is 0.200 e. The topological polar surface area (TPSA) is 83.2 Å². The summed E-state index contributed by atoms with van der Waals surface area (Å²) in [4.78, 5) is 0. The van der Waals surface area contributed by atoms with Gasteiger partial charge in [-0.05, 0) is 11.6 Å². The Hall–Kier alpha value is -1.75. The van der Waals surface area contributed by atoms with E-state index in [2.05, 4.69) is 16.9 Å². The highest BCUT2D eigenvalue weighted by Gasteiger charge is 2.21. The monoisotopic (exact) mass is 206 g/mol. The molecule has 0 saturated heterocycles. The molecule has 0 bridgehead atoms. The molecule has 2 rings (SSSR count). The van der Waals surface area contributed by atoms with E-state index in [1.54, 1.807) is 0 Å². The van der Waals surface area contributed by atoms with E-state index in [0.717, 1.165) is 12.2 Å². The average Bonchev–Trinajstić information content (AvgIpc) is 2.59. The minimum absolute atomic E-state index is 0.0921. The fraction of sp³-hybridized carbons (Fsp3) is 0.300. The van der Waals surface area contributed by atoms with Crippen molar-refractivity contribution in [3.8, 4) is 5.75 Å². The van der Waals surface area contributed by atoms with Gasteiger partial charge in [-0.1, -0.05) is 18.2 Å². The second kappa shape index (κ2) is 4.18. The highest BCUT2D eigenvalue weighted by atomic mass is 16.5. The summed E-state index contributed by atoms with van der Waals surface area (Å²) in [6.07, 6.45) is 0.997.